The minimum atomic E-state index is -0.334. The Kier molecular flexibility index (Phi) is 7.01. The van der Waals surface area contributed by atoms with Gasteiger partial charge in [-0.2, -0.15) is 0 Å². The van der Waals surface area contributed by atoms with Gasteiger partial charge in [0.15, 0.2) is 0 Å². The maximum absolute atomic E-state index is 12.4. The lowest BCUT2D eigenvalue weighted by atomic mass is 9.96. The summed E-state index contributed by atoms with van der Waals surface area (Å²) in [5.41, 5.74) is 8.47. The van der Waals surface area contributed by atoms with Crippen molar-refractivity contribution < 1.29 is 14.4 Å². The molecule has 1 saturated heterocycles. The third-order valence-corrected chi connectivity index (χ3v) is 5.32. The van der Waals surface area contributed by atoms with Crippen LogP contribution in [0.25, 0.3) is 6.08 Å². The van der Waals surface area contributed by atoms with Gasteiger partial charge >= 0.3 is 0 Å². The first kappa shape index (κ1) is 21.3. The van der Waals surface area contributed by atoms with Gasteiger partial charge < -0.3 is 4.90 Å². The first-order chi connectivity index (χ1) is 14.4. The van der Waals surface area contributed by atoms with Crippen LogP contribution < -0.4 is 10.9 Å². The molecule has 30 heavy (non-hydrogen) atoms. The summed E-state index contributed by atoms with van der Waals surface area (Å²) in [5, 5.41) is 0. The molecule has 1 fully saturated rings. The average molecular weight is 405 g/mol. The van der Waals surface area contributed by atoms with Gasteiger partial charge in [-0.15, -0.1) is 0 Å². The lowest BCUT2D eigenvalue weighted by Gasteiger charge is -2.30. The molecule has 0 bridgehead atoms. The Morgan fingerprint density at radius 2 is 1.67 bits per heavy atom. The van der Waals surface area contributed by atoms with Crippen molar-refractivity contribution in [2.24, 2.45) is 5.92 Å². The van der Waals surface area contributed by atoms with Crippen molar-refractivity contribution in [1.82, 2.24) is 15.8 Å². The van der Waals surface area contributed by atoms with E-state index in [4.69, 9.17) is 0 Å². The van der Waals surface area contributed by atoms with Crippen molar-refractivity contribution in [2.45, 2.75) is 26.7 Å². The third kappa shape index (κ3) is 5.56. The smallest absolute Gasteiger partial charge is 0.269 e. The van der Waals surface area contributed by atoms with Gasteiger partial charge in [-0.05, 0) is 50.0 Å². The quantitative estimate of drug-likeness (QED) is 0.606. The minimum absolute atomic E-state index is 0.0548. The van der Waals surface area contributed by atoms with Gasteiger partial charge in [0.25, 0.3) is 5.91 Å². The molecule has 6 heteroatoms. The number of hydrogen-bond acceptors (Lipinski definition) is 3. The van der Waals surface area contributed by atoms with Crippen LogP contribution in [0.5, 0.6) is 0 Å². The number of hydrazine groups is 1. The molecule has 3 rings (SSSR count). The summed E-state index contributed by atoms with van der Waals surface area (Å²) in [6, 6.07) is 15.2. The van der Waals surface area contributed by atoms with Crippen LogP contribution in [0.2, 0.25) is 0 Å². The SMILES string of the molecule is Cc1ccc(C(=O)NNC(=O)C2CCN(C(=O)/C=C/c3ccccc3)CC2)c(C)c1. The Morgan fingerprint density at radius 3 is 2.33 bits per heavy atom. The fraction of sp³-hybridized carbons (Fsp3) is 0.292. The number of likely N-dealkylation sites (tertiary alicyclic amines) is 1. The van der Waals surface area contributed by atoms with Crippen molar-refractivity contribution in [2.75, 3.05) is 13.1 Å². The van der Waals surface area contributed by atoms with E-state index in [1.807, 2.05) is 56.3 Å². The zero-order valence-electron chi connectivity index (χ0n) is 17.4. The van der Waals surface area contributed by atoms with Crippen LogP contribution in [-0.4, -0.2) is 35.7 Å². The molecule has 0 saturated carbocycles. The van der Waals surface area contributed by atoms with Crippen LogP contribution in [0.15, 0.2) is 54.6 Å². The molecule has 3 amide bonds. The maximum Gasteiger partial charge on any atom is 0.269 e. The molecule has 6 nitrogen and oxygen atoms in total. The van der Waals surface area contributed by atoms with E-state index in [0.29, 0.717) is 31.5 Å². The summed E-state index contributed by atoms with van der Waals surface area (Å²) >= 11 is 0. The van der Waals surface area contributed by atoms with Gasteiger partial charge in [-0.3, -0.25) is 25.2 Å². The number of nitrogens with zero attached hydrogens (tertiary/aromatic N) is 1. The molecule has 1 heterocycles. The number of amides is 3. The molecular formula is C24H27N3O3. The number of carbonyl (C=O) groups excluding carboxylic acids is 3. The first-order valence-corrected chi connectivity index (χ1v) is 10.1. The van der Waals surface area contributed by atoms with Crippen molar-refractivity contribution in [3.63, 3.8) is 0 Å². The molecule has 2 N–H and O–H groups in total. The Hall–Kier alpha value is -3.41. The zero-order valence-corrected chi connectivity index (χ0v) is 17.4. The van der Waals surface area contributed by atoms with Crippen LogP contribution in [-0.2, 0) is 9.59 Å². The molecular weight excluding hydrogens is 378 g/mol. The standard InChI is InChI=1S/C24H27N3O3/c1-17-8-10-21(18(2)16-17)24(30)26-25-23(29)20-12-14-27(15-13-20)22(28)11-9-19-6-4-3-5-7-19/h3-11,16,20H,12-15H2,1-2H3,(H,25,29)(H,26,30)/b11-9+. The second kappa shape index (κ2) is 9.87. The molecule has 156 valence electrons. The molecule has 1 aliphatic rings. The number of benzene rings is 2. The molecule has 0 aliphatic carbocycles. The molecule has 1 aliphatic heterocycles. The summed E-state index contributed by atoms with van der Waals surface area (Å²) in [7, 11) is 0. The van der Waals surface area contributed by atoms with Crippen molar-refractivity contribution in [1.29, 1.82) is 0 Å². The maximum atomic E-state index is 12.4. The lowest BCUT2D eigenvalue weighted by Crippen LogP contribution is -2.48. The molecule has 0 unspecified atom stereocenters. The largest absolute Gasteiger partial charge is 0.339 e. The Bertz CT molecular complexity index is 945. The molecule has 0 radical (unpaired) electrons. The number of hydrogen-bond donors (Lipinski definition) is 2. The molecule has 2 aromatic carbocycles. The lowest BCUT2D eigenvalue weighted by molar-refractivity contribution is -0.132. The van der Waals surface area contributed by atoms with E-state index in [1.165, 1.54) is 0 Å². The third-order valence-electron chi connectivity index (χ3n) is 5.32. The summed E-state index contributed by atoms with van der Waals surface area (Å²) in [5.74, 6) is -0.841. The Morgan fingerprint density at radius 1 is 0.967 bits per heavy atom. The monoisotopic (exact) mass is 405 g/mol. The van der Waals surface area contributed by atoms with E-state index in [0.717, 1.165) is 16.7 Å². The summed E-state index contributed by atoms with van der Waals surface area (Å²) in [4.78, 5) is 38.8. The minimum Gasteiger partial charge on any atom is -0.339 e. The topological polar surface area (TPSA) is 78.5 Å². The van der Waals surface area contributed by atoms with E-state index in [1.54, 1.807) is 23.1 Å². The van der Waals surface area contributed by atoms with E-state index >= 15 is 0 Å². The van der Waals surface area contributed by atoms with Gasteiger partial charge in [0.2, 0.25) is 11.8 Å². The summed E-state index contributed by atoms with van der Waals surface area (Å²) in [6.07, 6.45) is 4.50. The number of piperidine rings is 1. The fourth-order valence-electron chi connectivity index (χ4n) is 3.56. The van der Waals surface area contributed by atoms with E-state index in [9.17, 15) is 14.4 Å². The van der Waals surface area contributed by atoms with Crippen molar-refractivity contribution in [3.05, 3.63) is 76.9 Å². The number of aryl methyl sites for hydroxylation is 2. The number of carbonyl (C=O) groups is 3. The van der Waals surface area contributed by atoms with Crippen LogP contribution in [0.1, 0.15) is 39.9 Å². The van der Waals surface area contributed by atoms with Gasteiger partial charge in [-0.1, -0.05) is 48.0 Å². The van der Waals surface area contributed by atoms with E-state index < -0.39 is 0 Å². The first-order valence-electron chi connectivity index (χ1n) is 10.1. The van der Waals surface area contributed by atoms with Gasteiger partial charge in [0.05, 0.1) is 0 Å². The second-order valence-corrected chi connectivity index (χ2v) is 7.61. The number of rotatable bonds is 4. The highest BCUT2D eigenvalue weighted by Gasteiger charge is 2.27. The Balaban J connectivity index is 1.45. The fourth-order valence-corrected chi connectivity index (χ4v) is 3.56. The molecule has 0 aromatic heterocycles. The predicted molar refractivity (Wildman–Crippen MR) is 116 cm³/mol. The summed E-state index contributed by atoms with van der Waals surface area (Å²) < 4.78 is 0. The van der Waals surface area contributed by atoms with Crippen molar-refractivity contribution >= 4 is 23.8 Å². The van der Waals surface area contributed by atoms with Crippen LogP contribution >= 0.6 is 0 Å². The van der Waals surface area contributed by atoms with E-state index in [-0.39, 0.29) is 23.6 Å². The van der Waals surface area contributed by atoms with Crippen LogP contribution in [0.3, 0.4) is 0 Å². The zero-order chi connectivity index (χ0) is 21.5. The van der Waals surface area contributed by atoms with Crippen molar-refractivity contribution in [3.8, 4) is 0 Å². The average Bonchev–Trinajstić information content (AvgIpc) is 2.76. The highest BCUT2D eigenvalue weighted by molar-refractivity contribution is 5.97. The van der Waals surface area contributed by atoms with E-state index in [2.05, 4.69) is 10.9 Å². The molecule has 0 atom stereocenters. The Labute approximate surface area is 176 Å². The highest BCUT2D eigenvalue weighted by atomic mass is 16.2. The number of nitrogens with one attached hydrogen (secondary N) is 2. The molecule has 0 spiro atoms. The van der Waals surface area contributed by atoms with Crippen LogP contribution in [0.4, 0.5) is 0 Å². The molecule has 2 aromatic rings. The van der Waals surface area contributed by atoms with Gasteiger partial charge in [-0.25, -0.2) is 0 Å². The summed E-state index contributed by atoms with van der Waals surface area (Å²) in [6.45, 7) is 4.86. The second-order valence-electron chi connectivity index (χ2n) is 7.61. The predicted octanol–water partition coefficient (Wildman–Crippen LogP) is 3.02. The van der Waals surface area contributed by atoms with Gasteiger partial charge in [0.1, 0.15) is 0 Å². The van der Waals surface area contributed by atoms with Crippen LogP contribution in [0, 0.1) is 19.8 Å². The van der Waals surface area contributed by atoms with Gasteiger partial charge in [0, 0.05) is 30.6 Å². The normalized spacial score (nSPS) is 14.5. The highest BCUT2D eigenvalue weighted by Crippen LogP contribution is 2.18.